The van der Waals surface area contributed by atoms with E-state index in [1.807, 2.05) is 24.3 Å². The lowest BCUT2D eigenvalue weighted by molar-refractivity contribution is -0.121. The van der Waals surface area contributed by atoms with Crippen molar-refractivity contribution in [1.29, 1.82) is 0 Å². The summed E-state index contributed by atoms with van der Waals surface area (Å²) in [4.78, 5) is 43.3. The SMILES string of the molecule is COc1ccc(CNC(=O)Cn2cc(C(=O)c3ccncc3)c(=O)c3cc(OC)c(OC)cc32)cc1. The molecular formula is C27H25N3O6. The lowest BCUT2D eigenvalue weighted by atomic mass is 10.0. The van der Waals surface area contributed by atoms with E-state index in [2.05, 4.69) is 10.3 Å². The first-order chi connectivity index (χ1) is 17.4. The normalized spacial score (nSPS) is 10.6. The number of carbonyl (C=O) groups excluding carboxylic acids is 2. The van der Waals surface area contributed by atoms with E-state index >= 15 is 0 Å². The largest absolute Gasteiger partial charge is 0.497 e. The van der Waals surface area contributed by atoms with Gasteiger partial charge in [-0.25, -0.2) is 0 Å². The zero-order valence-corrected chi connectivity index (χ0v) is 20.1. The van der Waals surface area contributed by atoms with Gasteiger partial charge in [-0.3, -0.25) is 19.4 Å². The van der Waals surface area contributed by atoms with Gasteiger partial charge in [-0.15, -0.1) is 0 Å². The van der Waals surface area contributed by atoms with Crippen molar-refractivity contribution in [3.05, 3.63) is 94.0 Å². The van der Waals surface area contributed by atoms with Gasteiger partial charge in [-0.1, -0.05) is 12.1 Å². The number of rotatable bonds is 9. The number of fused-ring (bicyclic) bond motifs is 1. The predicted octanol–water partition coefficient (Wildman–Crippen LogP) is 2.97. The number of pyridine rings is 2. The summed E-state index contributed by atoms with van der Waals surface area (Å²) in [6.45, 7) is 0.181. The first-order valence-corrected chi connectivity index (χ1v) is 11.1. The molecule has 4 rings (SSSR count). The Balaban J connectivity index is 1.72. The second-order valence-corrected chi connectivity index (χ2v) is 7.91. The molecule has 4 aromatic rings. The van der Waals surface area contributed by atoms with Gasteiger partial charge in [-0.2, -0.15) is 0 Å². The van der Waals surface area contributed by atoms with Crippen molar-refractivity contribution in [2.24, 2.45) is 0 Å². The fourth-order valence-corrected chi connectivity index (χ4v) is 3.82. The fraction of sp³-hybridized carbons (Fsp3) is 0.185. The van der Waals surface area contributed by atoms with Crippen LogP contribution < -0.4 is 25.0 Å². The number of aromatic nitrogens is 2. The number of ether oxygens (including phenoxy) is 3. The molecular weight excluding hydrogens is 462 g/mol. The number of ketones is 1. The van der Waals surface area contributed by atoms with Crippen molar-refractivity contribution in [2.75, 3.05) is 21.3 Å². The molecule has 36 heavy (non-hydrogen) atoms. The Bertz CT molecular complexity index is 1460. The maximum Gasteiger partial charge on any atom is 0.240 e. The quantitative estimate of drug-likeness (QED) is 0.362. The molecule has 0 saturated heterocycles. The number of carbonyl (C=O) groups is 2. The molecule has 1 amide bonds. The first kappa shape index (κ1) is 24.5. The second-order valence-electron chi connectivity index (χ2n) is 7.91. The van der Waals surface area contributed by atoms with Crippen LogP contribution in [0, 0.1) is 0 Å². The van der Waals surface area contributed by atoms with Gasteiger partial charge in [-0.05, 0) is 35.9 Å². The van der Waals surface area contributed by atoms with Gasteiger partial charge in [0.05, 0.1) is 37.8 Å². The third-order valence-electron chi connectivity index (χ3n) is 5.74. The number of methoxy groups -OCH3 is 3. The van der Waals surface area contributed by atoms with Crippen molar-refractivity contribution in [3.8, 4) is 17.2 Å². The third kappa shape index (κ3) is 5.05. The Morgan fingerprint density at radius 3 is 2.22 bits per heavy atom. The summed E-state index contributed by atoms with van der Waals surface area (Å²) in [5.41, 5.74) is 1.11. The monoisotopic (exact) mass is 487 g/mol. The molecule has 9 heteroatoms. The van der Waals surface area contributed by atoms with E-state index in [0.717, 1.165) is 11.3 Å². The number of amides is 1. The molecule has 0 aliphatic rings. The molecule has 0 radical (unpaired) electrons. The average Bonchev–Trinajstić information content (AvgIpc) is 2.93. The number of benzene rings is 2. The lowest BCUT2D eigenvalue weighted by Gasteiger charge is -2.16. The zero-order valence-electron chi connectivity index (χ0n) is 20.1. The fourth-order valence-electron chi connectivity index (χ4n) is 3.82. The average molecular weight is 488 g/mol. The molecule has 0 aliphatic carbocycles. The number of hydrogen-bond donors (Lipinski definition) is 1. The van der Waals surface area contributed by atoms with Crippen LogP contribution in [0.2, 0.25) is 0 Å². The molecule has 9 nitrogen and oxygen atoms in total. The van der Waals surface area contributed by atoms with Gasteiger partial charge >= 0.3 is 0 Å². The van der Waals surface area contributed by atoms with Gasteiger partial charge in [0.1, 0.15) is 12.3 Å². The van der Waals surface area contributed by atoms with Crippen LogP contribution in [0.4, 0.5) is 0 Å². The number of nitrogens with zero attached hydrogens (tertiary/aromatic N) is 2. The molecule has 2 aromatic carbocycles. The zero-order chi connectivity index (χ0) is 25.7. The van der Waals surface area contributed by atoms with Crippen LogP contribution in [0.1, 0.15) is 21.5 Å². The Hall–Kier alpha value is -4.66. The Labute approximate surface area is 207 Å². The molecule has 184 valence electrons. The van der Waals surface area contributed by atoms with Crippen LogP contribution in [-0.4, -0.2) is 42.6 Å². The third-order valence-corrected chi connectivity index (χ3v) is 5.74. The summed E-state index contributed by atoms with van der Waals surface area (Å²) in [5.74, 6) is 0.691. The summed E-state index contributed by atoms with van der Waals surface area (Å²) in [5, 5.41) is 3.10. The molecule has 2 aromatic heterocycles. The Morgan fingerprint density at radius 2 is 1.58 bits per heavy atom. The van der Waals surface area contributed by atoms with Gasteiger partial charge < -0.3 is 24.1 Å². The van der Waals surface area contributed by atoms with E-state index in [4.69, 9.17) is 14.2 Å². The smallest absolute Gasteiger partial charge is 0.240 e. The number of hydrogen-bond acceptors (Lipinski definition) is 7. The van der Waals surface area contributed by atoms with Crippen LogP contribution in [0.5, 0.6) is 17.2 Å². The highest BCUT2D eigenvalue weighted by atomic mass is 16.5. The van der Waals surface area contributed by atoms with E-state index in [-0.39, 0.29) is 23.4 Å². The highest BCUT2D eigenvalue weighted by Crippen LogP contribution is 2.31. The highest BCUT2D eigenvalue weighted by Gasteiger charge is 2.20. The lowest BCUT2D eigenvalue weighted by Crippen LogP contribution is -2.29. The maximum absolute atomic E-state index is 13.4. The summed E-state index contributed by atoms with van der Waals surface area (Å²) in [6, 6.07) is 13.5. The molecule has 0 aliphatic heterocycles. The molecule has 2 heterocycles. The van der Waals surface area contributed by atoms with Crippen LogP contribution in [0.15, 0.2) is 71.9 Å². The summed E-state index contributed by atoms with van der Waals surface area (Å²) in [7, 11) is 4.53. The van der Waals surface area contributed by atoms with E-state index < -0.39 is 11.2 Å². The van der Waals surface area contributed by atoms with Crippen LogP contribution >= 0.6 is 0 Å². The van der Waals surface area contributed by atoms with Crippen LogP contribution in [-0.2, 0) is 17.9 Å². The maximum atomic E-state index is 13.4. The van der Waals surface area contributed by atoms with Crippen molar-refractivity contribution >= 4 is 22.6 Å². The van der Waals surface area contributed by atoms with Crippen molar-refractivity contribution in [2.45, 2.75) is 13.1 Å². The number of nitrogens with one attached hydrogen (secondary N) is 1. The molecule has 0 saturated carbocycles. The summed E-state index contributed by atoms with van der Waals surface area (Å²) >= 11 is 0. The van der Waals surface area contributed by atoms with Gasteiger partial charge in [0.2, 0.25) is 11.3 Å². The predicted molar refractivity (Wildman–Crippen MR) is 134 cm³/mol. The van der Waals surface area contributed by atoms with Crippen molar-refractivity contribution in [3.63, 3.8) is 0 Å². The minimum absolute atomic E-state index is 0.0659. The Kier molecular flexibility index (Phi) is 7.29. The molecule has 0 unspecified atom stereocenters. The van der Waals surface area contributed by atoms with E-state index in [1.165, 1.54) is 51.0 Å². The van der Waals surface area contributed by atoms with Gasteiger partial charge in [0, 0.05) is 36.8 Å². The molecule has 0 fully saturated rings. The van der Waals surface area contributed by atoms with Crippen molar-refractivity contribution < 1.29 is 23.8 Å². The van der Waals surface area contributed by atoms with Gasteiger partial charge in [0.25, 0.3) is 0 Å². The van der Waals surface area contributed by atoms with Crippen molar-refractivity contribution in [1.82, 2.24) is 14.9 Å². The van der Waals surface area contributed by atoms with E-state index in [1.54, 1.807) is 17.7 Å². The summed E-state index contributed by atoms with van der Waals surface area (Å²) < 4.78 is 17.5. The topological polar surface area (TPSA) is 109 Å². The molecule has 0 atom stereocenters. The van der Waals surface area contributed by atoms with E-state index in [9.17, 15) is 14.4 Å². The second kappa shape index (κ2) is 10.7. The molecule has 0 spiro atoms. The Morgan fingerprint density at radius 1 is 0.917 bits per heavy atom. The minimum atomic E-state index is -0.470. The van der Waals surface area contributed by atoms with Crippen LogP contribution in [0.25, 0.3) is 10.9 Å². The van der Waals surface area contributed by atoms with Gasteiger partial charge in [0.15, 0.2) is 17.3 Å². The first-order valence-electron chi connectivity index (χ1n) is 11.1. The highest BCUT2D eigenvalue weighted by molar-refractivity contribution is 6.10. The van der Waals surface area contributed by atoms with E-state index in [0.29, 0.717) is 29.1 Å². The summed E-state index contributed by atoms with van der Waals surface area (Å²) in [6.07, 6.45) is 4.37. The molecule has 0 bridgehead atoms. The van der Waals surface area contributed by atoms with Crippen LogP contribution in [0.3, 0.4) is 0 Å². The standard InChI is InChI=1S/C27H25N3O6/c1-34-19-6-4-17(5-7-19)14-29-25(31)16-30-15-21(26(32)18-8-10-28-11-9-18)27(33)20-12-23(35-2)24(36-3)13-22(20)30/h4-13,15H,14,16H2,1-3H3,(H,29,31). The minimum Gasteiger partial charge on any atom is -0.497 e. The molecule has 1 N–H and O–H groups in total.